The third-order valence-electron chi connectivity index (χ3n) is 5.39. The van der Waals surface area contributed by atoms with Crippen LogP contribution in [0.4, 0.5) is 4.39 Å². The van der Waals surface area contributed by atoms with E-state index < -0.39 is 11.9 Å². The summed E-state index contributed by atoms with van der Waals surface area (Å²) in [5.41, 5.74) is 3.16. The number of fused-ring (bicyclic) bond motifs is 1. The van der Waals surface area contributed by atoms with Crippen LogP contribution in [0, 0.1) is 12.7 Å². The van der Waals surface area contributed by atoms with Gasteiger partial charge in [0.2, 0.25) is 0 Å². The van der Waals surface area contributed by atoms with Gasteiger partial charge in [0.05, 0.1) is 24.7 Å². The van der Waals surface area contributed by atoms with E-state index >= 15 is 0 Å². The molecule has 4 rings (SSSR count). The molecule has 0 unspecified atom stereocenters. The van der Waals surface area contributed by atoms with Crippen molar-refractivity contribution in [2.24, 2.45) is 0 Å². The molecule has 0 spiro atoms. The molecule has 35 heavy (non-hydrogen) atoms. The summed E-state index contributed by atoms with van der Waals surface area (Å²) in [5.74, 6) is -2.48. The topological polar surface area (TPSA) is 139 Å². The van der Waals surface area contributed by atoms with Gasteiger partial charge in [0, 0.05) is 28.8 Å². The molecule has 0 saturated carbocycles. The molecule has 3 heterocycles. The molecule has 0 radical (unpaired) electrons. The molecule has 10 nitrogen and oxygen atoms in total. The van der Waals surface area contributed by atoms with Crippen LogP contribution in [0.1, 0.15) is 34.6 Å². The maximum absolute atomic E-state index is 13.8. The summed E-state index contributed by atoms with van der Waals surface area (Å²) < 4.78 is 20.3. The Kier molecular flexibility index (Phi) is 6.86. The fraction of sp³-hybridized carbons (Fsp3) is 0.208. The highest BCUT2D eigenvalue weighted by molar-refractivity contribution is 5.97. The Labute approximate surface area is 198 Å². The lowest BCUT2D eigenvalue weighted by atomic mass is 10.1. The lowest BCUT2D eigenvalue weighted by molar-refractivity contribution is -0.151. The number of ether oxygens (including phenoxy) is 1. The summed E-state index contributed by atoms with van der Waals surface area (Å²) in [7, 11) is 0. The molecule has 0 bridgehead atoms. The molecular formula is C24H22FN5O5. The summed E-state index contributed by atoms with van der Waals surface area (Å²) >= 11 is 0. The van der Waals surface area contributed by atoms with Crippen molar-refractivity contribution in [2.45, 2.75) is 33.0 Å². The van der Waals surface area contributed by atoms with E-state index in [9.17, 15) is 18.8 Å². The highest BCUT2D eigenvalue weighted by Crippen LogP contribution is 2.24. The van der Waals surface area contributed by atoms with Gasteiger partial charge in [-0.1, -0.05) is 18.2 Å². The second-order valence-electron chi connectivity index (χ2n) is 7.77. The number of benzene rings is 1. The standard InChI is InChI=1S/C24H22FN5O5/c1-14-17(12-27-30(14)13-35-22(33)9-8-21(31)32)19-7-6-15-10-20(29-23(15)28-19)24(34)26-11-16-4-2-3-5-18(16)25/h2-7,10,12H,8-9,11,13H2,1H3,(H,26,34)(H,28,29)(H,31,32). The average molecular weight is 479 g/mol. The minimum Gasteiger partial charge on any atom is -0.481 e. The number of carboxylic acid groups (broad SMARTS) is 1. The Bertz CT molecular complexity index is 1410. The molecule has 0 fully saturated rings. The first-order chi connectivity index (χ1) is 16.8. The zero-order valence-corrected chi connectivity index (χ0v) is 18.7. The first kappa shape index (κ1) is 23.6. The Hall–Kier alpha value is -4.54. The van der Waals surface area contributed by atoms with Crippen molar-refractivity contribution in [3.63, 3.8) is 0 Å². The number of rotatable bonds is 9. The smallest absolute Gasteiger partial charge is 0.308 e. The minimum absolute atomic E-state index is 0.0544. The third-order valence-corrected chi connectivity index (χ3v) is 5.39. The summed E-state index contributed by atoms with van der Waals surface area (Å²) in [6, 6.07) is 11.5. The van der Waals surface area contributed by atoms with E-state index in [1.165, 1.54) is 10.7 Å². The largest absolute Gasteiger partial charge is 0.481 e. The van der Waals surface area contributed by atoms with Gasteiger partial charge in [-0.25, -0.2) is 14.1 Å². The number of amides is 1. The van der Waals surface area contributed by atoms with Gasteiger partial charge >= 0.3 is 11.9 Å². The van der Waals surface area contributed by atoms with Crippen LogP contribution in [0.5, 0.6) is 0 Å². The third kappa shape index (κ3) is 5.52. The summed E-state index contributed by atoms with van der Waals surface area (Å²) in [6.07, 6.45) is 1.06. The molecule has 3 aromatic heterocycles. The van der Waals surface area contributed by atoms with Gasteiger partial charge in [0.25, 0.3) is 5.91 Å². The van der Waals surface area contributed by atoms with Crippen molar-refractivity contribution in [1.29, 1.82) is 0 Å². The number of aliphatic carboxylic acids is 1. The van der Waals surface area contributed by atoms with E-state index in [1.807, 2.05) is 6.07 Å². The second-order valence-corrected chi connectivity index (χ2v) is 7.77. The predicted octanol–water partition coefficient (Wildman–Crippen LogP) is 3.17. The fourth-order valence-electron chi connectivity index (χ4n) is 3.43. The number of pyridine rings is 1. The van der Waals surface area contributed by atoms with E-state index in [4.69, 9.17) is 9.84 Å². The van der Waals surface area contributed by atoms with Gasteiger partial charge in [0.1, 0.15) is 17.2 Å². The number of carbonyl (C=O) groups is 3. The number of carboxylic acids is 1. The van der Waals surface area contributed by atoms with Gasteiger partial charge in [-0.3, -0.25) is 14.4 Å². The van der Waals surface area contributed by atoms with Crippen LogP contribution < -0.4 is 5.32 Å². The van der Waals surface area contributed by atoms with Crippen molar-refractivity contribution in [3.05, 3.63) is 71.4 Å². The van der Waals surface area contributed by atoms with Gasteiger partial charge in [0.15, 0.2) is 6.73 Å². The number of hydrogen-bond donors (Lipinski definition) is 3. The van der Waals surface area contributed by atoms with Crippen LogP contribution >= 0.6 is 0 Å². The van der Waals surface area contributed by atoms with Crippen LogP contribution in [0.3, 0.4) is 0 Å². The Morgan fingerprint density at radius 3 is 2.74 bits per heavy atom. The number of nitrogens with zero attached hydrogens (tertiary/aromatic N) is 3. The Morgan fingerprint density at radius 1 is 1.17 bits per heavy atom. The molecule has 0 saturated heterocycles. The zero-order chi connectivity index (χ0) is 24.9. The quantitative estimate of drug-likeness (QED) is 0.313. The van der Waals surface area contributed by atoms with Gasteiger partial charge in [-0.15, -0.1) is 0 Å². The van der Waals surface area contributed by atoms with Crippen molar-refractivity contribution in [1.82, 2.24) is 25.1 Å². The van der Waals surface area contributed by atoms with E-state index in [-0.39, 0.29) is 37.8 Å². The molecule has 11 heteroatoms. The normalized spacial score (nSPS) is 10.9. The van der Waals surface area contributed by atoms with Crippen molar-refractivity contribution in [2.75, 3.05) is 0 Å². The van der Waals surface area contributed by atoms with Gasteiger partial charge in [-0.2, -0.15) is 5.10 Å². The number of esters is 1. The first-order valence-corrected chi connectivity index (χ1v) is 10.7. The van der Waals surface area contributed by atoms with E-state index in [2.05, 4.69) is 20.4 Å². The van der Waals surface area contributed by atoms with Crippen molar-refractivity contribution >= 4 is 28.9 Å². The lowest BCUT2D eigenvalue weighted by Gasteiger charge is -2.07. The molecule has 180 valence electrons. The molecule has 0 aliphatic carbocycles. The second kappa shape index (κ2) is 10.2. The first-order valence-electron chi connectivity index (χ1n) is 10.7. The molecule has 0 aliphatic heterocycles. The number of aromatic amines is 1. The monoisotopic (exact) mass is 479 g/mol. The number of carbonyl (C=O) groups excluding carboxylic acids is 2. The zero-order valence-electron chi connectivity index (χ0n) is 18.7. The number of nitrogens with one attached hydrogen (secondary N) is 2. The number of H-pyrrole nitrogens is 1. The molecular weight excluding hydrogens is 457 g/mol. The molecule has 0 atom stereocenters. The highest BCUT2D eigenvalue weighted by Gasteiger charge is 2.15. The van der Waals surface area contributed by atoms with E-state index in [1.54, 1.807) is 43.5 Å². The number of aromatic nitrogens is 4. The maximum Gasteiger partial charge on any atom is 0.308 e. The predicted molar refractivity (Wildman–Crippen MR) is 123 cm³/mol. The summed E-state index contributed by atoms with van der Waals surface area (Å²) in [6.45, 7) is 1.69. The Balaban J connectivity index is 1.44. The van der Waals surface area contributed by atoms with Crippen LogP contribution in [0.2, 0.25) is 0 Å². The number of halogens is 1. The lowest BCUT2D eigenvalue weighted by Crippen LogP contribution is -2.23. The molecule has 3 N–H and O–H groups in total. The van der Waals surface area contributed by atoms with Crippen molar-refractivity contribution < 1.29 is 28.6 Å². The van der Waals surface area contributed by atoms with Gasteiger partial charge in [-0.05, 0) is 31.2 Å². The maximum atomic E-state index is 13.8. The SMILES string of the molecule is Cc1c(-c2ccc3cc(C(=O)NCc4ccccc4F)[nH]c3n2)cnn1COC(=O)CCC(=O)O. The van der Waals surface area contributed by atoms with Crippen LogP contribution in [-0.2, 0) is 27.6 Å². The van der Waals surface area contributed by atoms with Gasteiger partial charge < -0.3 is 20.1 Å². The molecule has 4 aromatic rings. The minimum atomic E-state index is -1.07. The molecule has 1 aromatic carbocycles. The van der Waals surface area contributed by atoms with Crippen LogP contribution in [0.25, 0.3) is 22.3 Å². The van der Waals surface area contributed by atoms with Crippen molar-refractivity contribution in [3.8, 4) is 11.3 Å². The molecule has 0 aliphatic rings. The highest BCUT2D eigenvalue weighted by atomic mass is 19.1. The summed E-state index contributed by atoms with van der Waals surface area (Å²) in [5, 5.41) is 16.3. The number of hydrogen-bond acceptors (Lipinski definition) is 6. The average Bonchev–Trinajstić information content (AvgIpc) is 3.43. The molecule has 1 amide bonds. The van der Waals surface area contributed by atoms with E-state index in [0.717, 1.165) is 5.39 Å². The summed E-state index contributed by atoms with van der Waals surface area (Å²) in [4.78, 5) is 42.3. The Morgan fingerprint density at radius 2 is 1.97 bits per heavy atom. The van der Waals surface area contributed by atoms with E-state index in [0.29, 0.717) is 33.9 Å². The van der Waals surface area contributed by atoms with Crippen LogP contribution in [0.15, 0.2) is 48.7 Å². The van der Waals surface area contributed by atoms with Crippen LogP contribution in [-0.4, -0.2) is 42.7 Å². The fourth-order valence-corrected chi connectivity index (χ4v) is 3.43.